The highest BCUT2D eigenvalue weighted by atomic mass is 32.1. The molecule has 1 saturated heterocycles. The Morgan fingerprint density at radius 1 is 1.59 bits per heavy atom. The highest BCUT2D eigenvalue weighted by Crippen LogP contribution is 2.19. The Labute approximate surface area is 106 Å². The number of amides is 1. The van der Waals surface area contributed by atoms with Crippen LogP contribution in [0.2, 0.25) is 0 Å². The van der Waals surface area contributed by atoms with Crippen LogP contribution in [0.4, 0.5) is 0 Å². The second-order valence-corrected chi connectivity index (χ2v) is 5.58. The molecule has 0 aliphatic carbocycles. The molecule has 17 heavy (non-hydrogen) atoms. The van der Waals surface area contributed by atoms with E-state index >= 15 is 0 Å². The van der Waals surface area contributed by atoms with Gasteiger partial charge in [0.1, 0.15) is 5.69 Å². The van der Waals surface area contributed by atoms with E-state index in [1.165, 1.54) is 11.3 Å². The number of hydrogen-bond acceptors (Lipinski definition) is 4. The number of rotatable bonds is 3. The summed E-state index contributed by atoms with van der Waals surface area (Å²) in [5.74, 6) is 0.818. The van der Waals surface area contributed by atoms with Gasteiger partial charge in [-0.15, -0.1) is 11.3 Å². The quantitative estimate of drug-likeness (QED) is 0.888. The Hall–Kier alpha value is -0.940. The van der Waals surface area contributed by atoms with E-state index < -0.39 is 0 Å². The summed E-state index contributed by atoms with van der Waals surface area (Å²) in [6.45, 7) is 4.56. The van der Waals surface area contributed by atoms with Gasteiger partial charge in [0.15, 0.2) is 0 Å². The third-order valence-corrected chi connectivity index (χ3v) is 4.11. The summed E-state index contributed by atoms with van der Waals surface area (Å²) in [6.07, 6.45) is 2.96. The summed E-state index contributed by atoms with van der Waals surface area (Å²) in [7, 11) is 0. The number of nitrogens with two attached hydrogens (primary N) is 1. The molecule has 1 fully saturated rings. The molecular weight excluding hydrogens is 234 g/mol. The van der Waals surface area contributed by atoms with E-state index in [0.717, 1.165) is 43.3 Å². The SMILES string of the molecule is CC1CCN(C(=O)c2csc(CCN)n2)CC1. The minimum absolute atomic E-state index is 0.0800. The highest BCUT2D eigenvalue weighted by Gasteiger charge is 2.22. The van der Waals surface area contributed by atoms with Crippen molar-refractivity contribution in [1.82, 2.24) is 9.88 Å². The van der Waals surface area contributed by atoms with Crippen molar-refractivity contribution in [2.75, 3.05) is 19.6 Å². The van der Waals surface area contributed by atoms with Crippen LogP contribution >= 0.6 is 11.3 Å². The summed E-state index contributed by atoms with van der Waals surface area (Å²) in [5.41, 5.74) is 6.07. The first-order chi connectivity index (χ1) is 8.20. The zero-order valence-corrected chi connectivity index (χ0v) is 11.0. The molecule has 0 spiro atoms. The van der Waals surface area contributed by atoms with Gasteiger partial charge in [0.25, 0.3) is 5.91 Å². The van der Waals surface area contributed by atoms with Gasteiger partial charge in [0, 0.05) is 24.9 Å². The lowest BCUT2D eigenvalue weighted by Gasteiger charge is -2.29. The van der Waals surface area contributed by atoms with Crippen LogP contribution in [0.5, 0.6) is 0 Å². The molecule has 1 aromatic heterocycles. The maximum Gasteiger partial charge on any atom is 0.273 e. The monoisotopic (exact) mass is 253 g/mol. The molecule has 4 nitrogen and oxygen atoms in total. The molecular formula is C12H19N3OS. The normalized spacial score (nSPS) is 17.4. The lowest BCUT2D eigenvalue weighted by atomic mass is 9.99. The third kappa shape index (κ3) is 3.04. The third-order valence-electron chi connectivity index (χ3n) is 3.20. The molecule has 94 valence electrons. The summed E-state index contributed by atoms with van der Waals surface area (Å²) in [6, 6.07) is 0. The fraction of sp³-hybridized carbons (Fsp3) is 0.667. The molecule has 1 amide bonds. The minimum Gasteiger partial charge on any atom is -0.337 e. The van der Waals surface area contributed by atoms with Crippen molar-refractivity contribution in [3.8, 4) is 0 Å². The number of carbonyl (C=O) groups is 1. The molecule has 5 heteroatoms. The Kier molecular flexibility index (Phi) is 4.12. The van der Waals surface area contributed by atoms with Gasteiger partial charge in [-0.3, -0.25) is 4.79 Å². The zero-order valence-electron chi connectivity index (χ0n) is 10.2. The highest BCUT2D eigenvalue weighted by molar-refractivity contribution is 7.09. The number of thiazole rings is 1. The summed E-state index contributed by atoms with van der Waals surface area (Å²) in [4.78, 5) is 18.4. The van der Waals surface area contributed by atoms with E-state index in [-0.39, 0.29) is 5.91 Å². The second-order valence-electron chi connectivity index (χ2n) is 4.64. The van der Waals surface area contributed by atoms with Gasteiger partial charge in [0.2, 0.25) is 0 Å². The van der Waals surface area contributed by atoms with E-state index in [0.29, 0.717) is 12.2 Å². The largest absolute Gasteiger partial charge is 0.337 e. The van der Waals surface area contributed by atoms with E-state index in [4.69, 9.17) is 5.73 Å². The number of piperidine rings is 1. The van der Waals surface area contributed by atoms with Gasteiger partial charge >= 0.3 is 0 Å². The predicted octanol–water partition coefficient (Wildman–Crippen LogP) is 1.52. The molecule has 2 rings (SSSR count). The first-order valence-electron chi connectivity index (χ1n) is 6.14. The van der Waals surface area contributed by atoms with Crippen molar-refractivity contribution < 1.29 is 4.79 Å². The van der Waals surface area contributed by atoms with Crippen LogP contribution in [-0.4, -0.2) is 35.4 Å². The van der Waals surface area contributed by atoms with Crippen LogP contribution in [0.15, 0.2) is 5.38 Å². The fourth-order valence-electron chi connectivity index (χ4n) is 2.02. The van der Waals surface area contributed by atoms with Gasteiger partial charge in [-0.2, -0.15) is 0 Å². The first-order valence-corrected chi connectivity index (χ1v) is 7.02. The Balaban J connectivity index is 1.98. The maximum absolute atomic E-state index is 12.2. The molecule has 0 bridgehead atoms. The van der Waals surface area contributed by atoms with Crippen LogP contribution in [0, 0.1) is 5.92 Å². The van der Waals surface area contributed by atoms with Crippen LogP contribution in [0.1, 0.15) is 35.3 Å². The Morgan fingerprint density at radius 2 is 2.29 bits per heavy atom. The Bertz CT molecular complexity index is 383. The average molecular weight is 253 g/mol. The Morgan fingerprint density at radius 3 is 2.94 bits per heavy atom. The number of aromatic nitrogens is 1. The van der Waals surface area contributed by atoms with Crippen LogP contribution in [-0.2, 0) is 6.42 Å². The molecule has 1 aliphatic heterocycles. The molecule has 2 heterocycles. The standard InChI is InChI=1S/C12H19N3OS/c1-9-3-6-15(7-4-9)12(16)10-8-17-11(14-10)2-5-13/h8-9H,2-7,13H2,1H3. The van der Waals surface area contributed by atoms with E-state index in [2.05, 4.69) is 11.9 Å². The van der Waals surface area contributed by atoms with Gasteiger partial charge in [-0.1, -0.05) is 6.92 Å². The van der Waals surface area contributed by atoms with E-state index in [1.807, 2.05) is 10.3 Å². The molecule has 0 atom stereocenters. The zero-order chi connectivity index (χ0) is 12.3. The van der Waals surface area contributed by atoms with Gasteiger partial charge in [-0.05, 0) is 25.3 Å². The van der Waals surface area contributed by atoms with Crippen molar-refractivity contribution in [3.63, 3.8) is 0 Å². The lowest BCUT2D eigenvalue weighted by molar-refractivity contribution is 0.0692. The number of likely N-dealkylation sites (tertiary alicyclic amines) is 1. The summed E-state index contributed by atoms with van der Waals surface area (Å²) >= 11 is 1.53. The van der Waals surface area contributed by atoms with Gasteiger partial charge in [-0.25, -0.2) is 4.98 Å². The molecule has 2 N–H and O–H groups in total. The molecule has 0 aromatic carbocycles. The smallest absolute Gasteiger partial charge is 0.273 e. The molecule has 0 unspecified atom stereocenters. The summed E-state index contributed by atoms with van der Waals surface area (Å²) in [5, 5.41) is 2.81. The number of hydrogen-bond donors (Lipinski definition) is 1. The van der Waals surface area contributed by atoms with E-state index in [9.17, 15) is 4.79 Å². The van der Waals surface area contributed by atoms with Crippen LogP contribution in [0.25, 0.3) is 0 Å². The predicted molar refractivity (Wildman–Crippen MR) is 69.2 cm³/mol. The van der Waals surface area contributed by atoms with Gasteiger partial charge in [0.05, 0.1) is 5.01 Å². The van der Waals surface area contributed by atoms with Crippen molar-refractivity contribution in [1.29, 1.82) is 0 Å². The minimum atomic E-state index is 0.0800. The van der Waals surface area contributed by atoms with Crippen LogP contribution in [0.3, 0.4) is 0 Å². The van der Waals surface area contributed by atoms with Crippen molar-refractivity contribution >= 4 is 17.2 Å². The molecule has 0 saturated carbocycles. The fourth-order valence-corrected chi connectivity index (χ4v) is 2.81. The number of nitrogens with zero attached hydrogens (tertiary/aromatic N) is 2. The lowest BCUT2D eigenvalue weighted by Crippen LogP contribution is -2.38. The molecule has 1 aliphatic rings. The average Bonchev–Trinajstić information content (AvgIpc) is 2.78. The summed E-state index contributed by atoms with van der Waals surface area (Å²) < 4.78 is 0. The second kappa shape index (κ2) is 5.60. The van der Waals surface area contributed by atoms with Gasteiger partial charge < -0.3 is 10.6 Å². The van der Waals surface area contributed by atoms with E-state index in [1.54, 1.807) is 0 Å². The first kappa shape index (κ1) is 12.5. The van der Waals surface area contributed by atoms with Crippen molar-refractivity contribution in [3.05, 3.63) is 16.1 Å². The topological polar surface area (TPSA) is 59.2 Å². The maximum atomic E-state index is 12.2. The van der Waals surface area contributed by atoms with Crippen LogP contribution < -0.4 is 5.73 Å². The molecule has 0 radical (unpaired) electrons. The molecule has 1 aromatic rings. The number of carbonyl (C=O) groups excluding carboxylic acids is 1. The van der Waals surface area contributed by atoms with Crippen molar-refractivity contribution in [2.45, 2.75) is 26.2 Å². The van der Waals surface area contributed by atoms with Crippen molar-refractivity contribution in [2.24, 2.45) is 11.7 Å².